The minimum absolute atomic E-state index is 0.0290. The SMILES string of the molecule is CC(=NNC(=O)c1ccc(C(=O)NCc2cc(C)on2)s1)c1csc(-c2ccc(Cl)c(Cl)c2)c1O. The van der Waals surface area contributed by atoms with Gasteiger partial charge in [0.2, 0.25) is 0 Å². The zero-order chi connectivity index (χ0) is 25.1. The highest BCUT2D eigenvalue weighted by atomic mass is 35.5. The molecule has 0 aliphatic heterocycles. The fourth-order valence-electron chi connectivity index (χ4n) is 3.04. The van der Waals surface area contributed by atoms with E-state index in [2.05, 4.69) is 21.0 Å². The zero-order valence-electron chi connectivity index (χ0n) is 18.4. The summed E-state index contributed by atoms with van der Waals surface area (Å²) in [6.45, 7) is 3.65. The Bertz CT molecular complexity index is 1440. The van der Waals surface area contributed by atoms with Crippen LogP contribution in [0.3, 0.4) is 0 Å². The first kappa shape index (κ1) is 24.9. The van der Waals surface area contributed by atoms with Gasteiger partial charge >= 0.3 is 0 Å². The number of aromatic hydroxyl groups is 1. The highest BCUT2D eigenvalue weighted by Crippen LogP contribution is 2.40. The van der Waals surface area contributed by atoms with Gasteiger partial charge in [-0.3, -0.25) is 9.59 Å². The number of amides is 2. The van der Waals surface area contributed by atoms with Crippen molar-refractivity contribution in [3.8, 4) is 16.2 Å². The first-order valence-corrected chi connectivity index (χ1v) is 12.6. The van der Waals surface area contributed by atoms with Crippen LogP contribution >= 0.6 is 45.9 Å². The summed E-state index contributed by atoms with van der Waals surface area (Å²) in [5, 5.41) is 23.9. The second kappa shape index (κ2) is 10.6. The second-order valence-electron chi connectivity index (χ2n) is 7.37. The maximum absolute atomic E-state index is 12.5. The molecule has 8 nitrogen and oxygen atoms in total. The van der Waals surface area contributed by atoms with Crippen LogP contribution in [0, 0.1) is 6.92 Å². The largest absolute Gasteiger partial charge is 0.506 e. The Morgan fingerprint density at radius 2 is 1.86 bits per heavy atom. The summed E-state index contributed by atoms with van der Waals surface area (Å²) in [4.78, 5) is 26.2. The van der Waals surface area contributed by atoms with Gasteiger partial charge in [-0.25, -0.2) is 5.43 Å². The van der Waals surface area contributed by atoms with Gasteiger partial charge in [0.1, 0.15) is 17.2 Å². The molecule has 0 aliphatic rings. The number of carbonyl (C=O) groups excluding carboxylic acids is 2. The molecule has 0 atom stereocenters. The predicted octanol–water partition coefficient (Wildman–Crippen LogP) is 5.87. The van der Waals surface area contributed by atoms with E-state index in [1.165, 1.54) is 11.3 Å². The summed E-state index contributed by atoms with van der Waals surface area (Å²) < 4.78 is 4.97. The molecule has 4 aromatic rings. The van der Waals surface area contributed by atoms with E-state index in [-0.39, 0.29) is 18.2 Å². The molecule has 180 valence electrons. The lowest BCUT2D eigenvalue weighted by Crippen LogP contribution is -2.22. The first-order valence-electron chi connectivity index (χ1n) is 10.1. The Morgan fingerprint density at radius 3 is 2.54 bits per heavy atom. The highest BCUT2D eigenvalue weighted by Gasteiger charge is 2.17. The molecule has 0 aliphatic carbocycles. The Balaban J connectivity index is 1.40. The molecule has 0 bridgehead atoms. The van der Waals surface area contributed by atoms with Crippen LogP contribution in [0.5, 0.6) is 5.75 Å². The lowest BCUT2D eigenvalue weighted by atomic mass is 10.1. The van der Waals surface area contributed by atoms with Crippen LogP contribution in [0.2, 0.25) is 10.0 Å². The van der Waals surface area contributed by atoms with Gasteiger partial charge in [-0.05, 0) is 43.7 Å². The monoisotopic (exact) mass is 548 g/mol. The van der Waals surface area contributed by atoms with E-state index in [4.69, 9.17) is 27.7 Å². The van der Waals surface area contributed by atoms with Gasteiger partial charge in [0.05, 0.1) is 42.5 Å². The van der Waals surface area contributed by atoms with Gasteiger partial charge in [0.25, 0.3) is 11.8 Å². The number of halogens is 2. The van der Waals surface area contributed by atoms with E-state index in [1.54, 1.807) is 55.6 Å². The molecule has 0 saturated carbocycles. The van der Waals surface area contributed by atoms with E-state index < -0.39 is 5.91 Å². The summed E-state index contributed by atoms with van der Waals surface area (Å²) in [6.07, 6.45) is 0. The minimum Gasteiger partial charge on any atom is -0.506 e. The number of hydrogen-bond acceptors (Lipinski definition) is 8. The van der Waals surface area contributed by atoms with Gasteiger partial charge in [-0.1, -0.05) is 34.4 Å². The molecule has 35 heavy (non-hydrogen) atoms. The van der Waals surface area contributed by atoms with Gasteiger partial charge < -0.3 is 14.9 Å². The van der Waals surface area contributed by atoms with Crippen LogP contribution in [0.25, 0.3) is 10.4 Å². The molecule has 4 rings (SSSR count). The Hall–Kier alpha value is -3.18. The number of aromatic nitrogens is 1. The molecule has 3 N–H and O–H groups in total. The van der Waals surface area contributed by atoms with Crippen molar-refractivity contribution in [1.29, 1.82) is 0 Å². The Labute approximate surface area is 218 Å². The molecule has 0 spiro atoms. The molecule has 3 aromatic heterocycles. The van der Waals surface area contributed by atoms with Crippen LogP contribution in [0.1, 0.15) is 43.3 Å². The minimum atomic E-state index is -0.472. The van der Waals surface area contributed by atoms with Crippen molar-refractivity contribution < 1.29 is 19.2 Å². The number of hydrazone groups is 1. The number of hydrogen-bond donors (Lipinski definition) is 3. The van der Waals surface area contributed by atoms with Crippen LogP contribution < -0.4 is 10.7 Å². The van der Waals surface area contributed by atoms with Crippen molar-refractivity contribution in [2.45, 2.75) is 20.4 Å². The zero-order valence-corrected chi connectivity index (χ0v) is 21.5. The Morgan fingerprint density at radius 1 is 1.11 bits per heavy atom. The van der Waals surface area contributed by atoms with Crippen LogP contribution in [-0.4, -0.2) is 27.8 Å². The quantitative estimate of drug-likeness (QED) is 0.197. The average molecular weight is 549 g/mol. The van der Waals surface area contributed by atoms with Crippen molar-refractivity contribution in [1.82, 2.24) is 15.9 Å². The maximum atomic E-state index is 12.5. The lowest BCUT2D eigenvalue weighted by Gasteiger charge is -2.04. The molecular formula is C23H18Cl2N4O4S2. The number of aryl methyl sites for hydroxylation is 1. The van der Waals surface area contributed by atoms with Crippen LogP contribution in [-0.2, 0) is 6.54 Å². The first-order chi connectivity index (χ1) is 16.7. The van der Waals surface area contributed by atoms with Crippen molar-refractivity contribution in [2.75, 3.05) is 0 Å². The fourth-order valence-corrected chi connectivity index (χ4v) is 5.15. The number of nitrogens with one attached hydrogen (secondary N) is 2. The van der Waals surface area contributed by atoms with E-state index in [0.717, 1.165) is 11.3 Å². The van der Waals surface area contributed by atoms with Gasteiger partial charge in [0.15, 0.2) is 0 Å². The number of rotatable bonds is 7. The van der Waals surface area contributed by atoms with E-state index in [9.17, 15) is 14.7 Å². The average Bonchev–Trinajstić information content (AvgIpc) is 3.57. The summed E-state index contributed by atoms with van der Waals surface area (Å²) in [5.41, 5.74) is 4.68. The number of thiophene rings is 2. The van der Waals surface area contributed by atoms with Crippen LogP contribution in [0.4, 0.5) is 0 Å². The fraction of sp³-hybridized carbons (Fsp3) is 0.130. The molecule has 1 aromatic carbocycles. The molecule has 2 amide bonds. The van der Waals surface area contributed by atoms with Gasteiger partial charge in [-0.2, -0.15) is 5.10 Å². The normalized spacial score (nSPS) is 11.5. The summed E-state index contributed by atoms with van der Waals surface area (Å²) in [7, 11) is 0. The molecular weight excluding hydrogens is 531 g/mol. The molecule has 0 fully saturated rings. The smallest absolute Gasteiger partial charge is 0.281 e. The Kier molecular flexibility index (Phi) is 7.56. The van der Waals surface area contributed by atoms with E-state index in [0.29, 0.717) is 53.0 Å². The second-order valence-corrected chi connectivity index (χ2v) is 10.1. The third kappa shape index (κ3) is 5.73. The molecule has 0 saturated heterocycles. The van der Waals surface area contributed by atoms with E-state index >= 15 is 0 Å². The van der Waals surface area contributed by atoms with Gasteiger partial charge in [0, 0.05) is 11.4 Å². The number of nitrogens with zero attached hydrogens (tertiary/aromatic N) is 2. The third-order valence-electron chi connectivity index (χ3n) is 4.82. The molecule has 0 unspecified atom stereocenters. The number of benzene rings is 1. The highest BCUT2D eigenvalue weighted by molar-refractivity contribution is 7.16. The maximum Gasteiger partial charge on any atom is 0.281 e. The van der Waals surface area contributed by atoms with Crippen LogP contribution in [0.15, 0.2) is 51.4 Å². The lowest BCUT2D eigenvalue weighted by molar-refractivity contribution is 0.0949. The van der Waals surface area contributed by atoms with Crippen molar-refractivity contribution in [2.24, 2.45) is 5.10 Å². The standard InChI is InChI=1S/C23H18Cl2N4O4S2/c1-11-7-14(29-33-11)9-26-22(31)18-5-6-19(35-18)23(32)28-27-12(2)15-10-34-21(20(15)30)13-3-4-16(24)17(25)8-13/h3-8,10,30H,9H2,1-2H3,(H,26,31)(H,28,32). The number of carbonyl (C=O) groups is 2. The summed E-state index contributed by atoms with van der Waals surface area (Å²) >= 11 is 14.4. The van der Waals surface area contributed by atoms with Crippen molar-refractivity contribution in [3.63, 3.8) is 0 Å². The van der Waals surface area contributed by atoms with Gasteiger partial charge in [-0.15, -0.1) is 22.7 Å². The summed E-state index contributed by atoms with van der Waals surface area (Å²) in [5.74, 6) is -0.116. The summed E-state index contributed by atoms with van der Waals surface area (Å²) in [6, 6.07) is 9.93. The molecule has 0 radical (unpaired) electrons. The topological polar surface area (TPSA) is 117 Å². The predicted molar refractivity (Wildman–Crippen MR) is 138 cm³/mol. The van der Waals surface area contributed by atoms with Crippen molar-refractivity contribution in [3.05, 3.63) is 78.6 Å². The molecule has 3 heterocycles. The van der Waals surface area contributed by atoms with E-state index in [1.807, 2.05) is 0 Å². The molecule has 12 heteroatoms. The van der Waals surface area contributed by atoms with Crippen molar-refractivity contribution >= 4 is 63.4 Å². The third-order valence-corrected chi connectivity index (χ3v) is 7.66.